The first-order valence-electron chi connectivity index (χ1n) is 7.20. The molecule has 0 saturated carbocycles. The Hall–Kier alpha value is -2.80. The molecule has 3 rings (SSSR count). The number of esters is 1. The number of halogens is 3. The van der Waals surface area contributed by atoms with Gasteiger partial charge in [-0.05, 0) is 29.8 Å². The van der Waals surface area contributed by atoms with E-state index in [1.165, 1.54) is 23.1 Å². The van der Waals surface area contributed by atoms with Crippen molar-refractivity contribution in [2.75, 3.05) is 0 Å². The third-order valence-corrected chi connectivity index (χ3v) is 3.60. The molecule has 0 saturated heterocycles. The molecule has 0 aliphatic heterocycles. The maximum absolute atomic E-state index is 14.0. The van der Waals surface area contributed by atoms with Gasteiger partial charge in [-0.15, -0.1) is 0 Å². The maximum atomic E-state index is 14.0. The molecule has 3 aromatic rings. The summed E-state index contributed by atoms with van der Waals surface area (Å²) in [7, 11) is 1.59. The molecule has 5 nitrogen and oxygen atoms in total. The zero-order valence-corrected chi connectivity index (χ0v) is 13.8. The van der Waals surface area contributed by atoms with Gasteiger partial charge in [0, 0.05) is 31.1 Å². The van der Waals surface area contributed by atoms with Crippen LogP contribution >= 0.6 is 11.6 Å². The highest BCUT2D eigenvalue weighted by atomic mass is 35.5. The Morgan fingerprint density at radius 2 is 2.08 bits per heavy atom. The third kappa shape index (κ3) is 3.83. The summed E-state index contributed by atoms with van der Waals surface area (Å²) < 4.78 is 33.7. The number of nitrogens with zero attached hydrogens (tertiary/aromatic N) is 3. The van der Waals surface area contributed by atoms with Gasteiger partial charge < -0.3 is 4.74 Å². The normalized spacial score (nSPS) is 10.7. The van der Waals surface area contributed by atoms with Crippen molar-refractivity contribution in [1.29, 1.82) is 0 Å². The van der Waals surface area contributed by atoms with Crippen molar-refractivity contribution < 1.29 is 18.3 Å². The molecular weight excluding hydrogens is 352 g/mol. The maximum Gasteiger partial charge on any atom is 0.342 e. The number of benzene rings is 1. The lowest BCUT2D eigenvalue weighted by molar-refractivity contribution is 0.0473. The molecule has 25 heavy (non-hydrogen) atoms. The number of carbonyl (C=O) groups excluding carboxylic acids is 1. The second kappa shape index (κ2) is 6.98. The second-order valence-electron chi connectivity index (χ2n) is 5.25. The lowest BCUT2D eigenvalue weighted by Gasteiger charge is -2.06. The molecule has 2 heterocycles. The second-order valence-corrected chi connectivity index (χ2v) is 5.64. The topological polar surface area (TPSA) is 57.0 Å². The summed E-state index contributed by atoms with van der Waals surface area (Å²) in [6.07, 6.45) is 2.91. The van der Waals surface area contributed by atoms with Crippen molar-refractivity contribution in [1.82, 2.24) is 14.8 Å². The van der Waals surface area contributed by atoms with E-state index in [4.69, 9.17) is 16.3 Å². The molecule has 0 radical (unpaired) electrons. The van der Waals surface area contributed by atoms with Crippen molar-refractivity contribution in [3.8, 4) is 11.3 Å². The molecule has 0 N–H and O–H groups in total. The molecule has 0 spiro atoms. The molecule has 0 fully saturated rings. The van der Waals surface area contributed by atoms with Gasteiger partial charge >= 0.3 is 5.97 Å². The Morgan fingerprint density at radius 1 is 1.28 bits per heavy atom. The van der Waals surface area contributed by atoms with Gasteiger partial charge in [-0.2, -0.15) is 5.10 Å². The Kier molecular flexibility index (Phi) is 4.76. The number of ether oxygens (including phenoxy) is 1. The molecule has 0 aliphatic rings. The minimum Gasteiger partial charge on any atom is -0.457 e. The SMILES string of the molecule is Cn1cc(C(=O)OCc2ccnc(Cl)c2)c(-c2ccc(F)cc2F)n1. The van der Waals surface area contributed by atoms with Crippen LogP contribution in [0.15, 0.2) is 42.7 Å². The van der Waals surface area contributed by atoms with E-state index in [0.717, 1.165) is 12.1 Å². The predicted octanol–water partition coefficient (Wildman–Crippen LogP) is 3.77. The summed E-state index contributed by atoms with van der Waals surface area (Å²) in [5, 5.41) is 4.37. The number of hydrogen-bond acceptors (Lipinski definition) is 4. The van der Waals surface area contributed by atoms with Crippen molar-refractivity contribution in [2.45, 2.75) is 6.61 Å². The zero-order valence-electron chi connectivity index (χ0n) is 13.0. The van der Waals surface area contributed by atoms with E-state index in [1.807, 2.05) is 0 Å². The fourth-order valence-electron chi connectivity index (χ4n) is 2.28. The first-order chi connectivity index (χ1) is 11.9. The van der Waals surface area contributed by atoms with Gasteiger partial charge in [-0.25, -0.2) is 18.6 Å². The quantitative estimate of drug-likeness (QED) is 0.523. The number of aromatic nitrogens is 3. The Labute approximate surface area is 146 Å². The highest BCUT2D eigenvalue weighted by Crippen LogP contribution is 2.26. The van der Waals surface area contributed by atoms with Crippen LogP contribution in [0.25, 0.3) is 11.3 Å². The highest BCUT2D eigenvalue weighted by Gasteiger charge is 2.21. The van der Waals surface area contributed by atoms with E-state index in [9.17, 15) is 13.6 Å². The number of carbonyl (C=O) groups is 1. The summed E-state index contributed by atoms with van der Waals surface area (Å²) in [5.74, 6) is -2.20. The van der Waals surface area contributed by atoms with Crippen LogP contribution in [0.1, 0.15) is 15.9 Å². The van der Waals surface area contributed by atoms with E-state index < -0.39 is 17.6 Å². The molecule has 1 aromatic carbocycles. The van der Waals surface area contributed by atoms with Crippen molar-refractivity contribution in [3.63, 3.8) is 0 Å². The molecule has 0 aliphatic carbocycles. The third-order valence-electron chi connectivity index (χ3n) is 3.40. The average Bonchev–Trinajstić information content (AvgIpc) is 2.94. The molecule has 2 aromatic heterocycles. The predicted molar refractivity (Wildman–Crippen MR) is 86.9 cm³/mol. The summed E-state index contributed by atoms with van der Waals surface area (Å²) in [5.41, 5.74) is 0.832. The summed E-state index contributed by atoms with van der Waals surface area (Å²) in [4.78, 5) is 16.2. The number of hydrogen-bond donors (Lipinski definition) is 0. The smallest absolute Gasteiger partial charge is 0.342 e. The Morgan fingerprint density at radius 3 is 2.80 bits per heavy atom. The highest BCUT2D eigenvalue weighted by molar-refractivity contribution is 6.29. The minimum atomic E-state index is -0.811. The summed E-state index contributed by atoms with van der Waals surface area (Å²) >= 11 is 5.78. The molecule has 0 amide bonds. The van der Waals surface area contributed by atoms with Crippen LogP contribution in [-0.2, 0) is 18.4 Å². The summed E-state index contributed by atoms with van der Waals surface area (Å²) in [6.45, 7) is -0.0265. The van der Waals surface area contributed by atoms with Gasteiger partial charge in [0.05, 0.1) is 0 Å². The number of aryl methyl sites for hydroxylation is 1. The molecular formula is C17H12ClF2N3O2. The first kappa shape index (κ1) is 17.0. The van der Waals surface area contributed by atoms with E-state index in [1.54, 1.807) is 19.2 Å². The Bertz CT molecular complexity index is 943. The fraction of sp³-hybridized carbons (Fsp3) is 0.118. The van der Waals surface area contributed by atoms with Crippen LogP contribution in [0.2, 0.25) is 5.15 Å². The van der Waals surface area contributed by atoms with E-state index in [-0.39, 0.29) is 28.6 Å². The molecule has 128 valence electrons. The van der Waals surface area contributed by atoms with E-state index in [0.29, 0.717) is 5.56 Å². The van der Waals surface area contributed by atoms with Gasteiger partial charge in [0.25, 0.3) is 0 Å². The number of pyridine rings is 1. The van der Waals surface area contributed by atoms with Gasteiger partial charge in [-0.3, -0.25) is 4.68 Å². The summed E-state index contributed by atoms with van der Waals surface area (Å²) in [6, 6.07) is 6.28. The van der Waals surface area contributed by atoms with Crippen LogP contribution in [0.4, 0.5) is 8.78 Å². The van der Waals surface area contributed by atoms with E-state index >= 15 is 0 Å². The van der Waals surface area contributed by atoms with Crippen LogP contribution in [0.5, 0.6) is 0 Å². The minimum absolute atomic E-state index is 0.0147. The number of rotatable bonds is 4. The average molecular weight is 364 g/mol. The lowest BCUT2D eigenvalue weighted by atomic mass is 10.1. The van der Waals surface area contributed by atoms with Crippen LogP contribution in [0.3, 0.4) is 0 Å². The fourth-order valence-corrected chi connectivity index (χ4v) is 2.47. The first-order valence-corrected chi connectivity index (χ1v) is 7.58. The van der Waals surface area contributed by atoms with Crippen LogP contribution in [-0.4, -0.2) is 20.7 Å². The molecule has 0 unspecified atom stereocenters. The van der Waals surface area contributed by atoms with Crippen LogP contribution < -0.4 is 0 Å². The lowest BCUT2D eigenvalue weighted by Crippen LogP contribution is -2.06. The monoisotopic (exact) mass is 363 g/mol. The standard InChI is InChI=1S/C17H12ClF2N3O2/c1-23-8-13(16(22-23)12-3-2-11(19)7-14(12)20)17(24)25-9-10-4-5-21-15(18)6-10/h2-8H,9H2,1H3. The van der Waals surface area contributed by atoms with Crippen molar-refractivity contribution >= 4 is 17.6 Å². The molecule has 8 heteroatoms. The largest absolute Gasteiger partial charge is 0.457 e. The van der Waals surface area contributed by atoms with Crippen molar-refractivity contribution in [2.24, 2.45) is 7.05 Å². The Balaban J connectivity index is 1.86. The molecule has 0 atom stereocenters. The molecule has 0 bridgehead atoms. The van der Waals surface area contributed by atoms with Gasteiger partial charge in [0.15, 0.2) is 0 Å². The van der Waals surface area contributed by atoms with Crippen molar-refractivity contribution in [3.05, 3.63) is 70.6 Å². The van der Waals surface area contributed by atoms with Crippen LogP contribution in [0, 0.1) is 11.6 Å². The van der Waals surface area contributed by atoms with Gasteiger partial charge in [0.2, 0.25) is 0 Å². The van der Waals surface area contributed by atoms with E-state index in [2.05, 4.69) is 10.1 Å². The zero-order chi connectivity index (χ0) is 18.0. The van der Waals surface area contributed by atoms with Gasteiger partial charge in [-0.1, -0.05) is 11.6 Å². The van der Waals surface area contributed by atoms with Gasteiger partial charge in [0.1, 0.15) is 34.7 Å².